The fraction of sp³-hybridized carbons (Fsp3) is 0.276. The Labute approximate surface area is 227 Å². The molecule has 4 aromatic rings. The number of piperidine rings is 1. The van der Waals surface area contributed by atoms with Gasteiger partial charge in [-0.1, -0.05) is 0 Å². The van der Waals surface area contributed by atoms with Crippen molar-refractivity contribution in [3.63, 3.8) is 0 Å². The number of aliphatic hydroxyl groups excluding tert-OH is 1. The van der Waals surface area contributed by atoms with Crippen molar-refractivity contribution in [3.8, 4) is 28.6 Å². The average Bonchev–Trinajstić information content (AvgIpc) is 2.95. The highest BCUT2D eigenvalue weighted by atomic mass is 19.1. The predicted octanol–water partition coefficient (Wildman–Crippen LogP) is 4.90. The second kappa shape index (κ2) is 11.7. The number of fused-ring (bicyclic) bond motifs is 1. The largest absolute Gasteiger partial charge is 0.491 e. The van der Waals surface area contributed by atoms with Crippen LogP contribution < -0.4 is 15.0 Å². The number of hydrogen-bond donors (Lipinski definition) is 2. The molecule has 9 nitrogen and oxygen atoms in total. The third-order valence-corrected chi connectivity index (χ3v) is 6.75. The molecule has 3 aromatic carbocycles. The zero-order chi connectivity index (χ0) is 28.2. The van der Waals surface area contributed by atoms with Gasteiger partial charge in [-0.15, -0.1) is 0 Å². The number of aliphatic hydroxyl groups is 1. The predicted molar refractivity (Wildman–Crippen MR) is 143 cm³/mol. The zero-order valence-corrected chi connectivity index (χ0v) is 21.4. The highest BCUT2D eigenvalue weighted by Gasteiger charge is 2.26. The standard InChI is InChI=1S/C29H27F2N3O6/c30-19-3-5-20(6-4-19)40-22-8-10-26-24(14-22)28(36)34(17-18-2-1-11-33(16-18)29(37)38)27(32-26)23-9-7-21(15-25(23)31)39-13-12-35/h3-10,14-15,18,35H,1-2,11-13,16-17H2,(H,37,38)/t18-/m0/s1. The Morgan fingerprint density at radius 3 is 2.50 bits per heavy atom. The first-order chi connectivity index (χ1) is 19.3. The molecule has 0 unspecified atom stereocenters. The van der Waals surface area contributed by atoms with Crippen LogP contribution in [0.3, 0.4) is 0 Å². The van der Waals surface area contributed by atoms with Crippen LogP contribution in [0.2, 0.25) is 0 Å². The van der Waals surface area contributed by atoms with Gasteiger partial charge in [-0.05, 0) is 73.4 Å². The maximum Gasteiger partial charge on any atom is 0.407 e. The number of rotatable bonds is 8. The molecule has 1 fully saturated rings. The molecule has 0 radical (unpaired) electrons. The molecule has 1 atom stereocenters. The summed E-state index contributed by atoms with van der Waals surface area (Å²) in [7, 11) is 0. The van der Waals surface area contributed by atoms with Crippen molar-refractivity contribution in [2.24, 2.45) is 5.92 Å². The number of likely N-dealkylation sites (tertiary alicyclic amines) is 1. The minimum Gasteiger partial charge on any atom is -0.491 e. The lowest BCUT2D eigenvalue weighted by molar-refractivity contribution is 0.116. The van der Waals surface area contributed by atoms with Crippen molar-refractivity contribution in [1.82, 2.24) is 14.5 Å². The van der Waals surface area contributed by atoms with E-state index in [2.05, 4.69) is 4.98 Å². The van der Waals surface area contributed by atoms with E-state index in [1.54, 1.807) is 12.1 Å². The van der Waals surface area contributed by atoms with Gasteiger partial charge in [0.2, 0.25) is 0 Å². The van der Waals surface area contributed by atoms with Gasteiger partial charge < -0.3 is 24.6 Å². The van der Waals surface area contributed by atoms with Crippen molar-refractivity contribution < 1.29 is 33.3 Å². The first kappa shape index (κ1) is 27.1. The van der Waals surface area contributed by atoms with Crippen LogP contribution >= 0.6 is 0 Å². The normalized spacial score (nSPS) is 15.3. The molecule has 5 rings (SSSR count). The zero-order valence-electron chi connectivity index (χ0n) is 21.4. The van der Waals surface area contributed by atoms with Crippen LogP contribution in [-0.4, -0.2) is 57.1 Å². The maximum absolute atomic E-state index is 15.3. The van der Waals surface area contributed by atoms with E-state index in [-0.39, 0.29) is 54.7 Å². The summed E-state index contributed by atoms with van der Waals surface area (Å²) in [6, 6.07) is 14.3. The Morgan fingerprint density at radius 2 is 1.77 bits per heavy atom. The SMILES string of the molecule is O=C(O)N1CCC[C@H](Cn2c(-c3ccc(OCCO)cc3F)nc3ccc(Oc4ccc(F)cc4)cc3c2=O)C1. The lowest BCUT2D eigenvalue weighted by Gasteiger charge is -2.31. The summed E-state index contributed by atoms with van der Waals surface area (Å²) in [5.74, 6) is -0.220. The van der Waals surface area contributed by atoms with Crippen LogP contribution in [0.25, 0.3) is 22.3 Å². The fourth-order valence-corrected chi connectivity index (χ4v) is 4.85. The summed E-state index contributed by atoms with van der Waals surface area (Å²) < 4.78 is 41.1. The van der Waals surface area contributed by atoms with Crippen LogP contribution in [0.5, 0.6) is 17.2 Å². The number of aromatic nitrogens is 2. The summed E-state index contributed by atoms with van der Waals surface area (Å²) in [5, 5.41) is 18.7. The molecule has 208 valence electrons. The minimum atomic E-state index is -1.03. The van der Waals surface area contributed by atoms with Gasteiger partial charge in [-0.25, -0.2) is 18.6 Å². The molecular weight excluding hydrogens is 524 g/mol. The van der Waals surface area contributed by atoms with Crippen LogP contribution in [0.4, 0.5) is 13.6 Å². The van der Waals surface area contributed by atoms with E-state index in [9.17, 15) is 19.1 Å². The smallest absolute Gasteiger partial charge is 0.407 e. The second-order valence-corrected chi connectivity index (χ2v) is 9.54. The van der Waals surface area contributed by atoms with E-state index < -0.39 is 23.3 Å². The number of amides is 1. The number of benzene rings is 3. The molecule has 40 heavy (non-hydrogen) atoms. The number of carbonyl (C=O) groups is 1. The van der Waals surface area contributed by atoms with E-state index in [0.717, 1.165) is 6.07 Å². The minimum absolute atomic E-state index is 0.00179. The molecular formula is C29H27F2N3O6. The van der Waals surface area contributed by atoms with Crippen molar-refractivity contribution in [3.05, 3.63) is 82.7 Å². The average molecular weight is 552 g/mol. The van der Waals surface area contributed by atoms with Gasteiger partial charge in [0.1, 0.15) is 41.3 Å². The first-order valence-corrected chi connectivity index (χ1v) is 12.8. The molecule has 0 aliphatic carbocycles. The van der Waals surface area contributed by atoms with Crippen molar-refractivity contribution in [2.45, 2.75) is 19.4 Å². The monoisotopic (exact) mass is 551 g/mol. The van der Waals surface area contributed by atoms with E-state index in [1.807, 2.05) is 0 Å². The van der Waals surface area contributed by atoms with Gasteiger partial charge in [-0.2, -0.15) is 0 Å². The molecule has 0 spiro atoms. The fourth-order valence-electron chi connectivity index (χ4n) is 4.85. The topological polar surface area (TPSA) is 114 Å². The molecule has 2 N–H and O–H groups in total. The van der Waals surface area contributed by atoms with Crippen LogP contribution in [-0.2, 0) is 6.54 Å². The molecule has 1 saturated heterocycles. The molecule has 1 amide bonds. The Balaban J connectivity index is 1.58. The van der Waals surface area contributed by atoms with E-state index in [0.29, 0.717) is 36.4 Å². The Kier molecular flexibility index (Phi) is 7.92. The third-order valence-electron chi connectivity index (χ3n) is 6.75. The Hall–Kier alpha value is -4.51. The molecule has 1 aliphatic heterocycles. The summed E-state index contributed by atoms with van der Waals surface area (Å²) in [6.45, 7) is 0.561. The quantitative estimate of drug-likeness (QED) is 0.320. The maximum atomic E-state index is 15.3. The van der Waals surface area contributed by atoms with Gasteiger partial charge in [-0.3, -0.25) is 9.36 Å². The third kappa shape index (κ3) is 5.89. The Morgan fingerprint density at radius 1 is 1.02 bits per heavy atom. The van der Waals surface area contributed by atoms with Gasteiger partial charge >= 0.3 is 6.09 Å². The van der Waals surface area contributed by atoms with Gasteiger partial charge in [0.25, 0.3) is 5.56 Å². The molecule has 2 heterocycles. The number of nitrogens with zero attached hydrogens (tertiary/aromatic N) is 3. The number of ether oxygens (including phenoxy) is 2. The molecule has 11 heteroatoms. The van der Waals surface area contributed by atoms with Crippen LogP contribution in [0, 0.1) is 17.6 Å². The van der Waals surface area contributed by atoms with Gasteiger partial charge in [0.15, 0.2) is 0 Å². The summed E-state index contributed by atoms with van der Waals surface area (Å²) in [6.07, 6.45) is 0.307. The van der Waals surface area contributed by atoms with E-state index in [4.69, 9.17) is 14.6 Å². The van der Waals surface area contributed by atoms with E-state index in [1.165, 1.54) is 51.9 Å². The first-order valence-electron chi connectivity index (χ1n) is 12.8. The lowest BCUT2D eigenvalue weighted by atomic mass is 9.98. The summed E-state index contributed by atoms with van der Waals surface area (Å²) in [4.78, 5) is 31.4. The highest BCUT2D eigenvalue weighted by molar-refractivity contribution is 5.81. The van der Waals surface area contributed by atoms with Gasteiger partial charge in [0.05, 0.1) is 23.1 Å². The number of carboxylic acid groups (broad SMARTS) is 1. The van der Waals surface area contributed by atoms with Crippen molar-refractivity contribution in [1.29, 1.82) is 0 Å². The number of halogens is 2. The highest BCUT2D eigenvalue weighted by Crippen LogP contribution is 2.29. The molecule has 1 aliphatic rings. The van der Waals surface area contributed by atoms with E-state index >= 15 is 4.39 Å². The molecule has 0 saturated carbocycles. The number of hydrogen-bond acceptors (Lipinski definition) is 6. The van der Waals surface area contributed by atoms with Crippen LogP contribution in [0.1, 0.15) is 12.8 Å². The van der Waals surface area contributed by atoms with Gasteiger partial charge in [0, 0.05) is 25.7 Å². The molecule has 0 bridgehead atoms. The summed E-state index contributed by atoms with van der Waals surface area (Å²) in [5.41, 5.74) is -0.0385. The second-order valence-electron chi connectivity index (χ2n) is 9.54. The molecule has 1 aromatic heterocycles. The summed E-state index contributed by atoms with van der Waals surface area (Å²) >= 11 is 0. The Bertz CT molecular complexity index is 1590. The van der Waals surface area contributed by atoms with Crippen molar-refractivity contribution in [2.75, 3.05) is 26.3 Å². The lowest BCUT2D eigenvalue weighted by Crippen LogP contribution is -2.41. The van der Waals surface area contributed by atoms with Crippen LogP contribution in [0.15, 0.2) is 65.5 Å². The van der Waals surface area contributed by atoms with Crippen molar-refractivity contribution >= 4 is 17.0 Å².